The van der Waals surface area contributed by atoms with Gasteiger partial charge in [0.25, 0.3) is 0 Å². The molecule has 0 amide bonds. The van der Waals surface area contributed by atoms with Gasteiger partial charge in [0, 0.05) is 48.7 Å². The second kappa shape index (κ2) is 6.05. The molecule has 0 saturated carbocycles. The van der Waals surface area contributed by atoms with Crippen molar-refractivity contribution in [3.8, 4) is 5.75 Å². The van der Waals surface area contributed by atoms with Crippen LogP contribution >= 0.6 is 11.6 Å². The average molecular weight is 326 g/mol. The summed E-state index contributed by atoms with van der Waals surface area (Å²) in [6, 6.07) is 12.1. The van der Waals surface area contributed by atoms with Crippen LogP contribution < -0.4 is 9.64 Å². The number of aromatic nitrogens is 2. The molecule has 0 spiro atoms. The van der Waals surface area contributed by atoms with E-state index in [2.05, 4.69) is 27.0 Å². The molecule has 2 aromatic heterocycles. The molecule has 1 unspecified atom stereocenters. The predicted octanol–water partition coefficient (Wildman–Crippen LogP) is 3.94. The van der Waals surface area contributed by atoms with E-state index in [4.69, 9.17) is 16.3 Å². The number of benzene rings is 1. The molecule has 1 aromatic carbocycles. The maximum Gasteiger partial charge on any atom is 0.141 e. The molecule has 23 heavy (non-hydrogen) atoms. The molecule has 1 aliphatic rings. The van der Waals surface area contributed by atoms with E-state index in [9.17, 15) is 0 Å². The number of anilines is 1. The van der Waals surface area contributed by atoms with E-state index in [0.717, 1.165) is 25.0 Å². The summed E-state index contributed by atoms with van der Waals surface area (Å²) in [6.07, 6.45) is 6.27. The van der Waals surface area contributed by atoms with Crippen LogP contribution in [0.15, 0.2) is 55.0 Å². The lowest BCUT2D eigenvalue weighted by atomic mass is 10.2. The first-order valence-electron chi connectivity index (χ1n) is 7.66. The molecular formula is C18H16ClN3O. The first-order valence-corrected chi connectivity index (χ1v) is 8.04. The topological polar surface area (TPSA) is 38.2 Å². The molecule has 1 fully saturated rings. The van der Waals surface area contributed by atoms with Crippen molar-refractivity contribution in [1.82, 2.24) is 9.97 Å². The molecule has 4 nitrogen and oxygen atoms in total. The van der Waals surface area contributed by atoms with Crippen LogP contribution in [0.4, 0.5) is 5.69 Å². The Morgan fingerprint density at radius 2 is 2.04 bits per heavy atom. The normalized spacial score (nSPS) is 17.6. The zero-order valence-electron chi connectivity index (χ0n) is 12.5. The Kier molecular flexibility index (Phi) is 3.75. The molecular weight excluding hydrogens is 310 g/mol. The lowest BCUT2D eigenvalue weighted by molar-refractivity contribution is 0.225. The minimum atomic E-state index is 0.127. The maximum atomic E-state index is 6.12. The van der Waals surface area contributed by atoms with E-state index in [0.29, 0.717) is 10.8 Å². The molecule has 3 aromatic rings. The third-order valence-corrected chi connectivity index (χ3v) is 4.42. The van der Waals surface area contributed by atoms with Gasteiger partial charge in [-0.25, -0.2) is 0 Å². The molecule has 0 N–H and O–H groups in total. The van der Waals surface area contributed by atoms with Crippen molar-refractivity contribution in [2.24, 2.45) is 0 Å². The van der Waals surface area contributed by atoms with Gasteiger partial charge in [-0.3, -0.25) is 9.97 Å². The monoisotopic (exact) mass is 325 g/mol. The number of hydrogen-bond donors (Lipinski definition) is 0. The van der Waals surface area contributed by atoms with Crippen LogP contribution in [0.25, 0.3) is 10.9 Å². The molecule has 3 heterocycles. The lowest BCUT2D eigenvalue weighted by Crippen LogP contribution is -2.24. The summed E-state index contributed by atoms with van der Waals surface area (Å²) < 4.78 is 6.04. The van der Waals surface area contributed by atoms with Gasteiger partial charge in [-0.1, -0.05) is 29.8 Å². The second-order valence-corrected chi connectivity index (χ2v) is 6.04. The van der Waals surface area contributed by atoms with Gasteiger partial charge < -0.3 is 9.64 Å². The minimum Gasteiger partial charge on any atom is -0.487 e. The number of halogens is 1. The number of nitrogens with zero attached hydrogens (tertiary/aromatic N) is 3. The molecule has 1 atom stereocenters. The number of hydrogen-bond acceptors (Lipinski definition) is 4. The first kappa shape index (κ1) is 14.3. The molecule has 0 aliphatic carbocycles. The Hall–Kier alpha value is -2.33. The van der Waals surface area contributed by atoms with Gasteiger partial charge in [-0.05, 0) is 12.1 Å². The van der Waals surface area contributed by atoms with Gasteiger partial charge in [0.1, 0.15) is 16.9 Å². The highest BCUT2D eigenvalue weighted by Gasteiger charge is 2.25. The Morgan fingerprint density at radius 1 is 1.13 bits per heavy atom. The van der Waals surface area contributed by atoms with Crippen LogP contribution in [0.3, 0.4) is 0 Å². The van der Waals surface area contributed by atoms with E-state index in [-0.39, 0.29) is 6.10 Å². The number of fused-ring (bicyclic) bond motifs is 1. The zero-order chi connectivity index (χ0) is 15.6. The summed E-state index contributed by atoms with van der Waals surface area (Å²) in [5.41, 5.74) is 2.23. The van der Waals surface area contributed by atoms with Crippen molar-refractivity contribution >= 4 is 28.2 Å². The second-order valence-electron chi connectivity index (χ2n) is 5.63. The van der Waals surface area contributed by atoms with Gasteiger partial charge in [-0.2, -0.15) is 0 Å². The average Bonchev–Trinajstić information content (AvgIpc) is 3.05. The van der Waals surface area contributed by atoms with Crippen LogP contribution in [-0.4, -0.2) is 29.2 Å². The van der Waals surface area contributed by atoms with Gasteiger partial charge in [-0.15, -0.1) is 0 Å². The Bertz CT molecular complexity index is 834. The molecule has 0 bridgehead atoms. The van der Waals surface area contributed by atoms with Gasteiger partial charge in [0.2, 0.25) is 0 Å². The molecule has 0 radical (unpaired) electrons. The highest BCUT2D eigenvalue weighted by atomic mass is 35.5. The van der Waals surface area contributed by atoms with Crippen molar-refractivity contribution in [2.75, 3.05) is 18.0 Å². The largest absolute Gasteiger partial charge is 0.487 e. The maximum absolute atomic E-state index is 6.12. The minimum absolute atomic E-state index is 0.127. The predicted molar refractivity (Wildman–Crippen MR) is 92.2 cm³/mol. The lowest BCUT2D eigenvalue weighted by Gasteiger charge is -2.20. The van der Waals surface area contributed by atoms with Crippen LogP contribution in [0.1, 0.15) is 6.42 Å². The third kappa shape index (κ3) is 2.82. The van der Waals surface area contributed by atoms with Crippen molar-refractivity contribution in [2.45, 2.75) is 12.5 Å². The number of ether oxygens (including phenoxy) is 1. The van der Waals surface area contributed by atoms with E-state index in [1.54, 1.807) is 12.4 Å². The Morgan fingerprint density at radius 3 is 2.96 bits per heavy atom. The van der Waals surface area contributed by atoms with E-state index in [1.165, 1.54) is 11.1 Å². The molecule has 1 aliphatic heterocycles. The summed E-state index contributed by atoms with van der Waals surface area (Å²) in [7, 11) is 0. The third-order valence-electron chi connectivity index (χ3n) is 4.14. The number of pyridine rings is 2. The SMILES string of the molecule is Clc1cnccc1OC1CCN(c2ccnc3ccccc23)C1. The standard InChI is InChI=1S/C18H16ClN3O/c19-15-11-20-8-6-18(15)23-13-7-10-22(12-13)17-5-9-21-16-4-2-1-3-14(16)17/h1-6,8-9,11,13H,7,10,12H2. The molecule has 5 heteroatoms. The van der Waals surface area contributed by atoms with Crippen molar-refractivity contribution in [1.29, 1.82) is 0 Å². The fourth-order valence-electron chi connectivity index (χ4n) is 3.04. The summed E-state index contributed by atoms with van der Waals surface area (Å²) in [5, 5.41) is 1.73. The van der Waals surface area contributed by atoms with Crippen LogP contribution in [0.5, 0.6) is 5.75 Å². The van der Waals surface area contributed by atoms with Gasteiger partial charge in [0.05, 0.1) is 12.1 Å². The quantitative estimate of drug-likeness (QED) is 0.731. The fourth-order valence-corrected chi connectivity index (χ4v) is 3.20. The van der Waals surface area contributed by atoms with E-state index in [1.807, 2.05) is 30.5 Å². The Balaban J connectivity index is 1.55. The highest BCUT2D eigenvalue weighted by Crippen LogP contribution is 2.30. The first-order chi connectivity index (χ1) is 11.3. The van der Waals surface area contributed by atoms with Crippen molar-refractivity contribution in [3.63, 3.8) is 0 Å². The highest BCUT2D eigenvalue weighted by molar-refractivity contribution is 6.31. The van der Waals surface area contributed by atoms with Gasteiger partial charge >= 0.3 is 0 Å². The Labute approximate surface area is 139 Å². The summed E-state index contributed by atoms with van der Waals surface area (Å²) in [5.74, 6) is 0.702. The van der Waals surface area contributed by atoms with Crippen LogP contribution in [0, 0.1) is 0 Å². The molecule has 1 saturated heterocycles. The van der Waals surface area contributed by atoms with Crippen LogP contribution in [-0.2, 0) is 0 Å². The number of para-hydroxylation sites is 1. The summed E-state index contributed by atoms with van der Waals surface area (Å²) in [6.45, 7) is 1.80. The molecule has 116 valence electrons. The van der Waals surface area contributed by atoms with E-state index < -0.39 is 0 Å². The smallest absolute Gasteiger partial charge is 0.141 e. The fraction of sp³-hybridized carbons (Fsp3) is 0.222. The summed E-state index contributed by atoms with van der Waals surface area (Å²) >= 11 is 6.12. The van der Waals surface area contributed by atoms with E-state index >= 15 is 0 Å². The summed E-state index contributed by atoms with van der Waals surface area (Å²) in [4.78, 5) is 10.8. The van der Waals surface area contributed by atoms with Gasteiger partial charge in [0.15, 0.2) is 0 Å². The van der Waals surface area contributed by atoms with Crippen molar-refractivity contribution in [3.05, 3.63) is 60.0 Å². The van der Waals surface area contributed by atoms with Crippen LogP contribution in [0.2, 0.25) is 5.02 Å². The molecule has 4 rings (SSSR count). The van der Waals surface area contributed by atoms with Crippen molar-refractivity contribution < 1.29 is 4.74 Å². The zero-order valence-corrected chi connectivity index (χ0v) is 13.3. The number of rotatable bonds is 3.